The molecule has 2 bridgehead atoms. The average molecular weight is 274 g/mol. The molecule has 0 nitrogen and oxygen atoms in total. The zero-order valence-electron chi connectivity index (χ0n) is 12.4. The van der Waals surface area contributed by atoms with Gasteiger partial charge in [0.15, 0.2) is 0 Å². The molecule has 2 aromatic rings. The van der Waals surface area contributed by atoms with E-state index >= 15 is 0 Å². The Hall–Kier alpha value is -1.82. The Bertz CT molecular complexity index is 611. The second-order valence-corrected chi connectivity index (χ2v) is 6.62. The predicted octanol–water partition coefficient (Wildman–Crippen LogP) is 5.53. The molecule has 0 saturated heterocycles. The van der Waals surface area contributed by atoms with Crippen LogP contribution in [0.25, 0.3) is 6.08 Å². The van der Waals surface area contributed by atoms with Gasteiger partial charge in [-0.25, -0.2) is 0 Å². The summed E-state index contributed by atoms with van der Waals surface area (Å²) in [6, 6.07) is 21.9. The summed E-state index contributed by atoms with van der Waals surface area (Å²) in [6.07, 6.45) is 9.12. The van der Waals surface area contributed by atoms with Gasteiger partial charge in [0.05, 0.1) is 0 Å². The maximum absolute atomic E-state index is 2.50. The summed E-state index contributed by atoms with van der Waals surface area (Å²) in [5.41, 5.74) is 2.87. The zero-order valence-corrected chi connectivity index (χ0v) is 12.4. The van der Waals surface area contributed by atoms with Gasteiger partial charge in [0, 0.05) is 0 Å². The third-order valence-electron chi connectivity index (χ3n) is 5.48. The van der Waals surface area contributed by atoms with E-state index in [2.05, 4.69) is 72.8 Å². The Balaban J connectivity index is 1.62. The van der Waals surface area contributed by atoms with Crippen LogP contribution < -0.4 is 0 Å². The summed E-state index contributed by atoms with van der Waals surface area (Å²) >= 11 is 0. The molecule has 21 heavy (non-hydrogen) atoms. The van der Waals surface area contributed by atoms with Gasteiger partial charge in [-0.15, -0.1) is 0 Å². The second kappa shape index (κ2) is 5.52. The standard InChI is InChI=1S/C21H22/c1-3-7-16(8-4-1)11-14-20-18-12-13-19(15-18)21(20)17-9-5-2-6-10-17/h1-11,14,18-21H,12-13,15H2. The van der Waals surface area contributed by atoms with Crippen LogP contribution in [-0.2, 0) is 0 Å². The lowest BCUT2D eigenvalue weighted by molar-refractivity contribution is 0.343. The monoisotopic (exact) mass is 274 g/mol. The highest BCUT2D eigenvalue weighted by Gasteiger charge is 2.46. The molecule has 0 aromatic heterocycles. The van der Waals surface area contributed by atoms with E-state index in [-0.39, 0.29) is 0 Å². The Morgan fingerprint density at radius 3 is 2.19 bits per heavy atom. The van der Waals surface area contributed by atoms with Crippen molar-refractivity contribution in [3.8, 4) is 0 Å². The normalized spacial score (nSPS) is 31.0. The van der Waals surface area contributed by atoms with Gasteiger partial charge >= 0.3 is 0 Å². The Morgan fingerprint density at radius 2 is 1.43 bits per heavy atom. The number of hydrogen-bond acceptors (Lipinski definition) is 0. The quantitative estimate of drug-likeness (QED) is 0.690. The third kappa shape index (κ3) is 2.44. The van der Waals surface area contributed by atoms with E-state index in [1.807, 2.05) is 0 Å². The lowest BCUT2D eigenvalue weighted by Gasteiger charge is -2.29. The van der Waals surface area contributed by atoms with Crippen molar-refractivity contribution in [2.75, 3.05) is 0 Å². The molecule has 4 atom stereocenters. The van der Waals surface area contributed by atoms with Crippen molar-refractivity contribution >= 4 is 6.08 Å². The minimum atomic E-state index is 0.728. The van der Waals surface area contributed by atoms with Gasteiger partial charge in [0.1, 0.15) is 0 Å². The molecule has 0 spiro atoms. The summed E-state index contributed by atoms with van der Waals surface area (Å²) in [6.45, 7) is 0. The molecule has 2 aliphatic rings. The molecule has 0 N–H and O–H groups in total. The fourth-order valence-corrected chi connectivity index (χ4v) is 4.57. The number of benzene rings is 2. The van der Waals surface area contributed by atoms with Crippen LogP contribution >= 0.6 is 0 Å². The highest BCUT2D eigenvalue weighted by atomic mass is 14.5. The van der Waals surface area contributed by atoms with E-state index < -0.39 is 0 Å². The summed E-state index contributed by atoms with van der Waals surface area (Å²) in [5, 5.41) is 0. The van der Waals surface area contributed by atoms with E-state index in [0.29, 0.717) is 0 Å². The first kappa shape index (κ1) is 12.9. The van der Waals surface area contributed by atoms with Crippen molar-refractivity contribution in [1.82, 2.24) is 0 Å². The van der Waals surface area contributed by atoms with E-state index in [9.17, 15) is 0 Å². The molecule has 2 aliphatic carbocycles. The third-order valence-corrected chi connectivity index (χ3v) is 5.48. The lowest BCUT2D eigenvalue weighted by Crippen LogP contribution is -2.18. The Labute approximate surface area is 127 Å². The SMILES string of the molecule is C(=CC1C2CCC(C2)C1c1ccccc1)c1ccccc1. The van der Waals surface area contributed by atoms with Gasteiger partial charge in [0.25, 0.3) is 0 Å². The second-order valence-electron chi connectivity index (χ2n) is 6.62. The van der Waals surface area contributed by atoms with Crippen LogP contribution in [0.4, 0.5) is 0 Å². The smallest absolute Gasteiger partial charge is 0.00678 e. The van der Waals surface area contributed by atoms with Crippen LogP contribution in [0.2, 0.25) is 0 Å². The molecule has 4 unspecified atom stereocenters. The first-order valence-electron chi connectivity index (χ1n) is 8.20. The molecule has 2 aromatic carbocycles. The van der Waals surface area contributed by atoms with Crippen molar-refractivity contribution in [1.29, 1.82) is 0 Å². The number of fused-ring (bicyclic) bond motifs is 2. The lowest BCUT2D eigenvalue weighted by atomic mass is 9.75. The largest absolute Gasteiger partial charge is 0.0799 e. The van der Waals surface area contributed by atoms with Crippen molar-refractivity contribution in [3.05, 3.63) is 77.9 Å². The van der Waals surface area contributed by atoms with Gasteiger partial charge < -0.3 is 0 Å². The summed E-state index contributed by atoms with van der Waals surface area (Å²) in [5.74, 6) is 3.28. The summed E-state index contributed by atoms with van der Waals surface area (Å²) in [4.78, 5) is 0. The van der Waals surface area contributed by atoms with E-state index in [1.165, 1.54) is 24.8 Å². The first-order valence-corrected chi connectivity index (χ1v) is 8.20. The molecule has 0 aliphatic heterocycles. The number of rotatable bonds is 3. The molecule has 0 heterocycles. The Kier molecular flexibility index (Phi) is 3.39. The Morgan fingerprint density at radius 1 is 0.762 bits per heavy atom. The van der Waals surface area contributed by atoms with E-state index in [1.54, 1.807) is 5.56 Å². The molecule has 0 radical (unpaired) electrons. The van der Waals surface area contributed by atoms with Crippen molar-refractivity contribution in [2.24, 2.45) is 17.8 Å². The van der Waals surface area contributed by atoms with Crippen LogP contribution in [0.15, 0.2) is 66.7 Å². The van der Waals surface area contributed by atoms with Gasteiger partial charge in [-0.1, -0.05) is 72.8 Å². The van der Waals surface area contributed by atoms with Crippen LogP contribution in [-0.4, -0.2) is 0 Å². The van der Waals surface area contributed by atoms with Crippen molar-refractivity contribution in [3.63, 3.8) is 0 Å². The van der Waals surface area contributed by atoms with Gasteiger partial charge in [0.2, 0.25) is 0 Å². The molecule has 2 saturated carbocycles. The van der Waals surface area contributed by atoms with E-state index in [0.717, 1.165) is 23.7 Å². The zero-order chi connectivity index (χ0) is 14.1. The molecule has 0 heteroatoms. The predicted molar refractivity (Wildman–Crippen MR) is 89.0 cm³/mol. The number of hydrogen-bond donors (Lipinski definition) is 0. The maximum Gasteiger partial charge on any atom is -0.00678 e. The maximum atomic E-state index is 2.50. The minimum Gasteiger partial charge on any atom is -0.0799 e. The van der Waals surface area contributed by atoms with Gasteiger partial charge in [-0.05, 0) is 54.1 Å². The van der Waals surface area contributed by atoms with Crippen LogP contribution in [0.1, 0.15) is 36.3 Å². The van der Waals surface area contributed by atoms with Gasteiger partial charge in [-0.3, -0.25) is 0 Å². The fraction of sp³-hybridized carbons (Fsp3) is 0.333. The molecular formula is C21H22. The molecular weight excluding hydrogens is 252 g/mol. The molecule has 4 rings (SSSR count). The van der Waals surface area contributed by atoms with Crippen LogP contribution in [0, 0.1) is 17.8 Å². The first-order chi connectivity index (χ1) is 10.4. The number of allylic oxidation sites excluding steroid dienone is 1. The van der Waals surface area contributed by atoms with Crippen LogP contribution in [0.3, 0.4) is 0 Å². The average Bonchev–Trinajstić information content (AvgIpc) is 3.16. The molecule has 2 fully saturated rings. The van der Waals surface area contributed by atoms with Gasteiger partial charge in [-0.2, -0.15) is 0 Å². The summed E-state index contributed by atoms with van der Waals surface area (Å²) in [7, 11) is 0. The fourth-order valence-electron chi connectivity index (χ4n) is 4.57. The highest BCUT2D eigenvalue weighted by molar-refractivity contribution is 5.50. The minimum absolute atomic E-state index is 0.728. The highest BCUT2D eigenvalue weighted by Crippen LogP contribution is 2.57. The van der Waals surface area contributed by atoms with E-state index in [4.69, 9.17) is 0 Å². The molecule has 0 amide bonds. The van der Waals surface area contributed by atoms with Crippen molar-refractivity contribution in [2.45, 2.75) is 25.2 Å². The topological polar surface area (TPSA) is 0 Å². The summed E-state index contributed by atoms with van der Waals surface area (Å²) < 4.78 is 0. The van der Waals surface area contributed by atoms with Crippen LogP contribution in [0.5, 0.6) is 0 Å². The van der Waals surface area contributed by atoms with Crippen molar-refractivity contribution < 1.29 is 0 Å². The molecule has 106 valence electrons.